The Morgan fingerprint density at radius 2 is 1.39 bits per heavy atom. The Bertz CT molecular complexity index is 1660. The van der Waals surface area contributed by atoms with Gasteiger partial charge in [0.2, 0.25) is 5.91 Å². The molecule has 258 valence electrons. The highest BCUT2D eigenvalue weighted by Crippen LogP contribution is 2.24. The molecule has 0 saturated carbocycles. The summed E-state index contributed by atoms with van der Waals surface area (Å²) in [6, 6.07) is 20.5. The van der Waals surface area contributed by atoms with Crippen molar-refractivity contribution in [1.82, 2.24) is 20.6 Å². The number of hydrogen-bond donors (Lipinski definition) is 3. The minimum Gasteiger partial charge on any atom is -0.494 e. The predicted octanol–water partition coefficient (Wildman–Crippen LogP) is 7.39. The SMILES string of the molecule is CCCCCCCOc1ccc(-c2cnc(-c3ccc(C[C@H](NC(=O)c4ccc(C(C)(C)C)cc4)C(=O)N[C@@H](C)C(=O)O)cc3)nc2)cc1. The lowest BCUT2D eigenvalue weighted by atomic mass is 9.86. The second-order valence-corrected chi connectivity index (χ2v) is 13.4. The zero-order chi connectivity index (χ0) is 35.4. The average molecular weight is 665 g/mol. The summed E-state index contributed by atoms with van der Waals surface area (Å²) in [4.78, 5) is 46.9. The number of unbranched alkanes of at least 4 members (excludes halogenated alkanes) is 4. The number of amides is 2. The third-order valence-electron chi connectivity index (χ3n) is 8.37. The molecule has 2 atom stereocenters. The van der Waals surface area contributed by atoms with Crippen LogP contribution in [0, 0.1) is 0 Å². The van der Waals surface area contributed by atoms with Crippen molar-refractivity contribution in [2.24, 2.45) is 0 Å². The van der Waals surface area contributed by atoms with E-state index in [-0.39, 0.29) is 11.8 Å². The van der Waals surface area contributed by atoms with Gasteiger partial charge in [0, 0.05) is 35.5 Å². The number of carboxylic acid groups (broad SMARTS) is 1. The van der Waals surface area contributed by atoms with E-state index in [2.05, 4.69) is 48.3 Å². The Kier molecular flexibility index (Phi) is 13.0. The molecule has 1 aromatic heterocycles. The summed E-state index contributed by atoms with van der Waals surface area (Å²) < 4.78 is 5.88. The van der Waals surface area contributed by atoms with E-state index in [1.54, 1.807) is 24.5 Å². The van der Waals surface area contributed by atoms with Gasteiger partial charge in [0.05, 0.1) is 6.61 Å². The summed E-state index contributed by atoms with van der Waals surface area (Å²) in [6.45, 7) is 10.6. The molecule has 3 N–H and O–H groups in total. The minimum absolute atomic E-state index is 0.0711. The van der Waals surface area contributed by atoms with E-state index < -0.39 is 29.9 Å². The molecule has 0 radical (unpaired) electrons. The molecule has 0 aliphatic carbocycles. The molecule has 0 bridgehead atoms. The van der Waals surface area contributed by atoms with E-state index >= 15 is 0 Å². The number of nitrogens with zero attached hydrogens (tertiary/aromatic N) is 2. The smallest absolute Gasteiger partial charge is 0.325 e. The molecule has 0 aliphatic heterocycles. The lowest BCUT2D eigenvalue weighted by Crippen LogP contribution is -2.51. The molecular formula is C40H48N4O5. The standard InChI is InChI=1S/C40H48N4O5/c1-6-7-8-9-10-23-49-34-21-17-29(18-22-34)32-25-41-36(42-26-32)30-13-11-28(12-14-30)24-35(38(46)43-27(2)39(47)48)44-37(45)31-15-19-33(20-16-31)40(3,4)5/h11-22,25-27,35H,6-10,23-24H2,1-5H3,(H,43,46)(H,44,45)(H,47,48)/t27-,35-/m0/s1. The number of carbonyl (C=O) groups excluding carboxylic acids is 2. The van der Waals surface area contributed by atoms with Gasteiger partial charge < -0.3 is 20.5 Å². The van der Waals surface area contributed by atoms with Crippen molar-refractivity contribution in [2.75, 3.05) is 6.61 Å². The topological polar surface area (TPSA) is 131 Å². The first kappa shape index (κ1) is 36.8. The summed E-state index contributed by atoms with van der Waals surface area (Å²) in [6.07, 6.45) is 9.73. The van der Waals surface area contributed by atoms with Crippen LogP contribution in [0.2, 0.25) is 0 Å². The van der Waals surface area contributed by atoms with Crippen molar-refractivity contribution in [2.45, 2.75) is 90.6 Å². The molecule has 0 unspecified atom stereocenters. The zero-order valence-electron chi connectivity index (χ0n) is 29.2. The number of carbonyl (C=O) groups is 3. The zero-order valence-corrected chi connectivity index (χ0v) is 29.2. The number of aliphatic carboxylic acids is 1. The fourth-order valence-corrected chi connectivity index (χ4v) is 5.24. The van der Waals surface area contributed by atoms with E-state index in [0.717, 1.165) is 46.6 Å². The number of rotatable bonds is 16. The van der Waals surface area contributed by atoms with Crippen LogP contribution in [0.3, 0.4) is 0 Å². The molecule has 4 aromatic rings. The normalized spacial score (nSPS) is 12.5. The third kappa shape index (κ3) is 11.0. The maximum atomic E-state index is 13.2. The number of benzene rings is 3. The van der Waals surface area contributed by atoms with Crippen molar-refractivity contribution in [1.29, 1.82) is 0 Å². The molecular weight excluding hydrogens is 616 g/mol. The van der Waals surface area contributed by atoms with Crippen LogP contribution in [-0.2, 0) is 21.4 Å². The summed E-state index contributed by atoms with van der Waals surface area (Å²) in [7, 11) is 0. The lowest BCUT2D eigenvalue weighted by Gasteiger charge is -2.21. The van der Waals surface area contributed by atoms with Crippen LogP contribution in [-0.4, -0.2) is 51.5 Å². The quantitative estimate of drug-likeness (QED) is 0.107. The highest BCUT2D eigenvalue weighted by atomic mass is 16.5. The molecule has 2 amide bonds. The fraction of sp³-hybridized carbons (Fsp3) is 0.375. The van der Waals surface area contributed by atoms with Gasteiger partial charge in [0.1, 0.15) is 17.8 Å². The number of aromatic nitrogens is 2. The minimum atomic E-state index is -1.17. The van der Waals surface area contributed by atoms with Gasteiger partial charge in [-0.2, -0.15) is 0 Å². The first-order valence-corrected chi connectivity index (χ1v) is 17.0. The molecule has 0 saturated heterocycles. The van der Waals surface area contributed by atoms with Gasteiger partial charge in [0.25, 0.3) is 5.91 Å². The largest absolute Gasteiger partial charge is 0.494 e. The molecule has 4 rings (SSSR count). The summed E-state index contributed by atoms with van der Waals surface area (Å²) >= 11 is 0. The van der Waals surface area contributed by atoms with Crippen LogP contribution in [0.25, 0.3) is 22.5 Å². The molecule has 49 heavy (non-hydrogen) atoms. The Balaban J connectivity index is 1.40. The number of hydrogen-bond acceptors (Lipinski definition) is 6. The average Bonchev–Trinajstić information content (AvgIpc) is 3.09. The maximum Gasteiger partial charge on any atom is 0.325 e. The van der Waals surface area contributed by atoms with Crippen molar-refractivity contribution < 1.29 is 24.2 Å². The monoisotopic (exact) mass is 664 g/mol. The van der Waals surface area contributed by atoms with Crippen LogP contribution in [0.15, 0.2) is 85.2 Å². The van der Waals surface area contributed by atoms with Gasteiger partial charge in [0.15, 0.2) is 5.82 Å². The van der Waals surface area contributed by atoms with Crippen molar-refractivity contribution in [3.8, 4) is 28.3 Å². The van der Waals surface area contributed by atoms with E-state index in [1.165, 1.54) is 32.6 Å². The number of nitrogens with one attached hydrogen (secondary N) is 2. The maximum absolute atomic E-state index is 13.2. The van der Waals surface area contributed by atoms with Crippen molar-refractivity contribution in [3.05, 3.63) is 102 Å². The van der Waals surface area contributed by atoms with Crippen LogP contribution in [0.1, 0.15) is 88.2 Å². The summed E-state index contributed by atoms with van der Waals surface area (Å²) in [5, 5.41) is 14.6. The lowest BCUT2D eigenvalue weighted by molar-refractivity contribution is -0.141. The second kappa shape index (κ2) is 17.4. The van der Waals surface area contributed by atoms with E-state index in [0.29, 0.717) is 11.4 Å². The van der Waals surface area contributed by atoms with E-state index in [1.807, 2.05) is 60.7 Å². The molecule has 9 nitrogen and oxygen atoms in total. The fourth-order valence-electron chi connectivity index (χ4n) is 5.24. The molecule has 0 spiro atoms. The van der Waals surface area contributed by atoms with Gasteiger partial charge in [-0.15, -0.1) is 0 Å². The van der Waals surface area contributed by atoms with Gasteiger partial charge in [-0.3, -0.25) is 14.4 Å². The highest BCUT2D eigenvalue weighted by Gasteiger charge is 2.25. The van der Waals surface area contributed by atoms with Crippen LogP contribution >= 0.6 is 0 Å². The van der Waals surface area contributed by atoms with Gasteiger partial charge >= 0.3 is 5.97 Å². The van der Waals surface area contributed by atoms with Crippen molar-refractivity contribution >= 4 is 17.8 Å². The molecule has 1 heterocycles. The Labute approximate surface area is 289 Å². The molecule has 9 heteroatoms. The second-order valence-electron chi connectivity index (χ2n) is 13.4. The molecule has 0 fully saturated rings. The number of carboxylic acids is 1. The molecule has 3 aromatic carbocycles. The van der Waals surface area contributed by atoms with Gasteiger partial charge in [-0.25, -0.2) is 9.97 Å². The number of ether oxygens (including phenoxy) is 1. The Morgan fingerprint density at radius 3 is 1.98 bits per heavy atom. The highest BCUT2D eigenvalue weighted by molar-refractivity contribution is 5.98. The predicted molar refractivity (Wildman–Crippen MR) is 192 cm³/mol. The molecule has 0 aliphatic rings. The van der Waals surface area contributed by atoms with E-state index in [9.17, 15) is 19.5 Å². The van der Waals surface area contributed by atoms with Gasteiger partial charge in [-0.05, 0) is 59.7 Å². The summed E-state index contributed by atoms with van der Waals surface area (Å²) in [5.74, 6) is -0.772. The Morgan fingerprint density at radius 1 is 0.776 bits per heavy atom. The summed E-state index contributed by atoms with van der Waals surface area (Å²) in [5.41, 5.74) is 4.86. The van der Waals surface area contributed by atoms with Gasteiger partial charge in [-0.1, -0.05) is 102 Å². The van der Waals surface area contributed by atoms with E-state index in [4.69, 9.17) is 4.74 Å². The van der Waals surface area contributed by atoms with Crippen LogP contribution in [0.4, 0.5) is 0 Å². The van der Waals surface area contributed by atoms with Crippen molar-refractivity contribution in [3.63, 3.8) is 0 Å². The first-order chi connectivity index (χ1) is 23.4. The first-order valence-electron chi connectivity index (χ1n) is 17.0. The van der Waals surface area contributed by atoms with Crippen LogP contribution < -0.4 is 15.4 Å². The van der Waals surface area contributed by atoms with Crippen LogP contribution in [0.5, 0.6) is 5.75 Å². The third-order valence-corrected chi connectivity index (χ3v) is 8.37. The Hall–Kier alpha value is -5.05.